The smallest absolute Gasteiger partial charge is 0.148 e. The van der Waals surface area contributed by atoms with E-state index in [0.29, 0.717) is 6.54 Å². The van der Waals surface area contributed by atoms with E-state index in [0.717, 1.165) is 35.6 Å². The lowest BCUT2D eigenvalue weighted by molar-refractivity contribution is 0.373. The summed E-state index contributed by atoms with van der Waals surface area (Å²) in [4.78, 5) is 2.14. The van der Waals surface area contributed by atoms with E-state index in [1.54, 1.807) is 0 Å². The minimum Gasteiger partial charge on any atom is -0.459 e. The van der Waals surface area contributed by atoms with Gasteiger partial charge in [-0.3, -0.25) is 4.68 Å². The number of hydrogen-bond donors (Lipinski definition) is 1. The molecule has 1 aromatic carbocycles. The molecule has 0 radical (unpaired) electrons. The van der Waals surface area contributed by atoms with Crippen LogP contribution in [0.15, 0.2) is 47.0 Å². The van der Waals surface area contributed by atoms with Crippen LogP contribution in [0.3, 0.4) is 0 Å². The van der Waals surface area contributed by atoms with E-state index in [1.807, 2.05) is 35.1 Å². The van der Waals surface area contributed by atoms with Gasteiger partial charge in [-0.1, -0.05) is 18.2 Å². The van der Waals surface area contributed by atoms with Gasteiger partial charge in [0.15, 0.2) is 0 Å². The molecule has 0 fully saturated rings. The monoisotopic (exact) mass is 284 g/mol. The summed E-state index contributed by atoms with van der Waals surface area (Å²) in [5.41, 5.74) is 0.922. The van der Waals surface area contributed by atoms with E-state index in [-0.39, 0.29) is 0 Å². The summed E-state index contributed by atoms with van der Waals surface area (Å²) in [5.74, 6) is 1.79. The summed E-state index contributed by atoms with van der Waals surface area (Å²) in [6.45, 7) is 2.50. The number of likely N-dealkylation sites (N-methyl/N-ethyl adjacent to an activating group) is 1. The number of benzene rings is 1. The van der Waals surface area contributed by atoms with Gasteiger partial charge in [0.2, 0.25) is 0 Å². The Bertz CT molecular complexity index is 681. The summed E-state index contributed by atoms with van der Waals surface area (Å²) in [5, 5.41) is 8.91. The summed E-state index contributed by atoms with van der Waals surface area (Å²) in [6.07, 6.45) is 1.99. The largest absolute Gasteiger partial charge is 0.459 e. The van der Waals surface area contributed by atoms with Crippen LogP contribution < -0.4 is 5.32 Å². The third-order valence-corrected chi connectivity index (χ3v) is 3.34. The van der Waals surface area contributed by atoms with Crippen LogP contribution in [0.25, 0.3) is 11.0 Å². The van der Waals surface area contributed by atoms with Crippen LogP contribution in [0.1, 0.15) is 5.76 Å². The molecule has 0 bridgehead atoms. The molecule has 0 saturated heterocycles. The molecular weight excluding hydrogens is 264 g/mol. The zero-order valence-corrected chi connectivity index (χ0v) is 12.4. The maximum Gasteiger partial charge on any atom is 0.148 e. The molecule has 2 aromatic heterocycles. The van der Waals surface area contributed by atoms with Gasteiger partial charge in [-0.2, -0.15) is 5.10 Å². The molecule has 0 saturated carbocycles. The van der Waals surface area contributed by atoms with E-state index in [4.69, 9.17) is 4.42 Å². The molecule has 3 rings (SSSR count). The van der Waals surface area contributed by atoms with Gasteiger partial charge in [-0.15, -0.1) is 0 Å². The van der Waals surface area contributed by atoms with Gasteiger partial charge in [-0.05, 0) is 26.2 Å². The Balaban J connectivity index is 1.59. The summed E-state index contributed by atoms with van der Waals surface area (Å²) in [7, 11) is 4.12. The van der Waals surface area contributed by atoms with Crippen LogP contribution in [0, 0.1) is 0 Å². The van der Waals surface area contributed by atoms with E-state index in [1.165, 1.54) is 0 Å². The lowest BCUT2D eigenvalue weighted by Gasteiger charge is -2.08. The first-order valence-corrected chi connectivity index (χ1v) is 7.10. The van der Waals surface area contributed by atoms with Crippen molar-refractivity contribution in [3.63, 3.8) is 0 Å². The zero-order chi connectivity index (χ0) is 14.7. The molecule has 0 aliphatic carbocycles. The number of para-hydroxylation sites is 1. The molecule has 5 nitrogen and oxygen atoms in total. The normalized spacial score (nSPS) is 11.4. The van der Waals surface area contributed by atoms with Crippen molar-refractivity contribution < 1.29 is 4.42 Å². The number of nitrogens with zero attached hydrogens (tertiary/aromatic N) is 3. The molecule has 21 heavy (non-hydrogen) atoms. The number of nitrogens with one attached hydrogen (secondary N) is 1. The van der Waals surface area contributed by atoms with Gasteiger partial charge >= 0.3 is 0 Å². The fraction of sp³-hybridized carbons (Fsp3) is 0.312. The molecule has 0 atom stereocenters. The Morgan fingerprint density at radius 3 is 2.90 bits per heavy atom. The second kappa shape index (κ2) is 6.01. The van der Waals surface area contributed by atoms with Gasteiger partial charge in [0.05, 0.1) is 13.1 Å². The van der Waals surface area contributed by atoms with Gasteiger partial charge in [0.1, 0.15) is 17.2 Å². The Labute approximate surface area is 124 Å². The van der Waals surface area contributed by atoms with Crippen LogP contribution in [-0.4, -0.2) is 35.3 Å². The van der Waals surface area contributed by atoms with Gasteiger partial charge in [-0.25, -0.2) is 0 Å². The highest BCUT2D eigenvalue weighted by molar-refractivity contribution is 5.77. The van der Waals surface area contributed by atoms with Crippen molar-refractivity contribution >= 4 is 16.8 Å². The van der Waals surface area contributed by atoms with Crippen molar-refractivity contribution in [3.05, 3.63) is 48.4 Å². The summed E-state index contributed by atoms with van der Waals surface area (Å²) < 4.78 is 7.72. The van der Waals surface area contributed by atoms with Crippen LogP contribution >= 0.6 is 0 Å². The van der Waals surface area contributed by atoms with Crippen molar-refractivity contribution in [2.75, 3.05) is 26.0 Å². The molecule has 0 unspecified atom stereocenters. The minimum absolute atomic E-state index is 0.638. The number of fused-ring (bicyclic) bond motifs is 1. The van der Waals surface area contributed by atoms with Crippen LogP contribution in [0.2, 0.25) is 0 Å². The molecule has 3 aromatic rings. The van der Waals surface area contributed by atoms with E-state index >= 15 is 0 Å². The van der Waals surface area contributed by atoms with Crippen molar-refractivity contribution in [3.8, 4) is 0 Å². The van der Waals surface area contributed by atoms with Gasteiger partial charge in [0.25, 0.3) is 0 Å². The Morgan fingerprint density at radius 2 is 2.10 bits per heavy atom. The van der Waals surface area contributed by atoms with Crippen molar-refractivity contribution in [2.45, 2.75) is 13.1 Å². The molecule has 5 heteroatoms. The number of rotatable bonds is 6. The fourth-order valence-electron chi connectivity index (χ4n) is 2.18. The van der Waals surface area contributed by atoms with Crippen molar-refractivity contribution in [1.29, 1.82) is 0 Å². The average molecular weight is 284 g/mol. The fourth-order valence-corrected chi connectivity index (χ4v) is 2.18. The predicted molar refractivity (Wildman–Crippen MR) is 84.3 cm³/mol. The van der Waals surface area contributed by atoms with Crippen LogP contribution in [0.5, 0.6) is 0 Å². The molecule has 1 N–H and O–H groups in total. The SMILES string of the molecule is CN(C)CCn1ccc(NCc2cc3ccccc3o2)n1. The van der Waals surface area contributed by atoms with E-state index in [2.05, 4.69) is 41.5 Å². The Kier molecular flexibility index (Phi) is 3.92. The Hall–Kier alpha value is -2.27. The van der Waals surface area contributed by atoms with Gasteiger partial charge in [0, 0.05) is 24.2 Å². The van der Waals surface area contributed by atoms with E-state index < -0.39 is 0 Å². The highest BCUT2D eigenvalue weighted by Crippen LogP contribution is 2.19. The first kappa shape index (κ1) is 13.7. The quantitative estimate of drug-likeness (QED) is 0.756. The van der Waals surface area contributed by atoms with Crippen LogP contribution in [-0.2, 0) is 13.1 Å². The molecule has 2 heterocycles. The molecule has 110 valence electrons. The third kappa shape index (κ3) is 3.44. The lowest BCUT2D eigenvalue weighted by Crippen LogP contribution is -2.18. The summed E-state index contributed by atoms with van der Waals surface area (Å²) in [6, 6.07) is 12.1. The van der Waals surface area contributed by atoms with Gasteiger partial charge < -0.3 is 14.6 Å². The molecule has 0 amide bonds. The average Bonchev–Trinajstić information content (AvgIpc) is 3.09. The maximum atomic E-state index is 5.77. The predicted octanol–water partition coefficient (Wildman–Crippen LogP) is 2.80. The standard InChI is InChI=1S/C16H20N4O/c1-19(2)9-10-20-8-7-16(18-20)17-12-14-11-13-5-3-4-6-15(13)21-14/h3-8,11H,9-10,12H2,1-2H3,(H,17,18). The second-order valence-corrected chi connectivity index (χ2v) is 5.37. The number of anilines is 1. The number of aromatic nitrogens is 2. The number of hydrogen-bond acceptors (Lipinski definition) is 4. The topological polar surface area (TPSA) is 46.2 Å². The zero-order valence-electron chi connectivity index (χ0n) is 12.4. The molecule has 0 aliphatic heterocycles. The summed E-state index contributed by atoms with van der Waals surface area (Å²) >= 11 is 0. The lowest BCUT2D eigenvalue weighted by atomic mass is 10.2. The van der Waals surface area contributed by atoms with Crippen LogP contribution in [0.4, 0.5) is 5.82 Å². The second-order valence-electron chi connectivity index (χ2n) is 5.37. The first-order chi connectivity index (χ1) is 10.2. The third-order valence-electron chi connectivity index (χ3n) is 3.34. The molecular formula is C16H20N4O. The highest BCUT2D eigenvalue weighted by Gasteiger charge is 2.04. The highest BCUT2D eigenvalue weighted by atomic mass is 16.3. The maximum absolute atomic E-state index is 5.77. The number of furan rings is 1. The minimum atomic E-state index is 0.638. The Morgan fingerprint density at radius 1 is 1.24 bits per heavy atom. The van der Waals surface area contributed by atoms with E-state index in [9.17, 15) is 0 Å². The first-order valence-electron chi connectivity index (χ1n) is 7.10. The molecule has 0 aliphatic rings. The van der Waals surface area contributed by atoms with Crippen molar-refractivity contribution in [2.24, 2.45) is 0 Å². The molecule has 0 spiro atoms. The van der Waals surface area contributed by atoms with Crippen molar-refractivity contribution in [1.82, 2.24) is 14.7 Å².